The number of halogens is 2. The van der Waals surface area contributed by atoms with Crippen LogP contribution in [-0.2, 0) is 16.1 Å². The minimum Gasteiger partial charge on any atom is -0.457 e. The van der Waals surface area contributed by atoms with Crippen molar-refractivity contribution in [2.24, 2.45) is 5.41 Å². The summed E-state index contributed by atoms with van der Waals surface area (Å²) in [5.74, 6) is 0.974. The largest absolute Gasteiger partial charge is 0.457 e. The van der Waals surface area contributed by atoms with Gasteiger partial charge < -0.3 is 20.1 Å². The summed E-state index contributed by atoms with van der Waals surface area (Å²) >= 11 is 0. The van der Waals surface area contributed by atoms with E-state index in [1.807, 2.05) is 24.3 Å². The Hall–Kier alpha value is -2.15. The number of piperidine rings is 1. The number of rotatable bonds is 7. The molecule has 2 aromatic rings. The molecule has 2 N–H and O–H groups in total. The van der Waals surface area contributed by atoms with Crippen molar-refractivity contribution in [2.75, 3.05) is 26.8 Å². The molecule has 0 aliphatic carbocycles. The average Bonchev–Trinajstić information content (AvgIpc) is 2.70. The van der Waals surface area contributed by atoms with Crippen LogP contribution in [0.25, 0.3) is 0 Å². The summed E-state index contributed by atoms with van der Waals surface area (Å²) in [4.78, 5) is 12.7. The topological polar surface area (TPSA) is 59.6 Å². The van der Waals surface area contributed by atoms with Crippen molar-refractivity contribution in [1.82, 2.24) is 10.6 Å². The molecule has 2 aromatic carbocycles. The van der Waals surface area contributed by atoms with Gasteiger partial charge in [0, 0.05) is 13.7 Å². The Morgan fingerprint density at radius 1 is 1.07 bits per heavy atom. The van der Waals surface area contributed by atoms with Gasteiger partial charge in [-0.15, -0.1) is 12.4 Å². The fourth-order valence-corrected chi connectivity index (χ4v) is 3.30. The van der Waals surface area contributed by atoms with Crippen molar-refractivity contribution in [1.29, 1.82) is 0 Å². The van der Waals surface area contributed by atoms with E-state index in [0.717, 1.165) is 31.5 Å². The first-order chi connectivity index (χ1) is 13.1. The van der Waals surface area contributed by atoms with Gasteiger partial charge in [-0.2, -0.15) is 0 Å². The van der Waals surface area contributed by atoms with Gasteiger partial charge in [-0.25, -0.2) is 4.39 Å². The summed E-state index contributed by atoms with van der Waals surface area (Å²) in [6.07, 6.45) is 1.55. The lowest BCUT2D eigenvalue weighted by Crippen LogP contribution is -2.49. The monoisotopic (exact) mass is 408 g/mol. The molecule has 0 unspecified atom stereocenters. The Morgan fingerprint density at radius 3 is 2.21 bits per heavy atom. The van der Waals surface area contributed by atoms with E-state index < -0.39 is 5.41 Å². The van der Waals surface area contributed by atoms with Gasteiger partial charge in [0.25, 0.3) is 0 Å². The second kappa shape index (κ2) is 10.4. The molecule has 1 aliphatic heterocycles. The summed E-state index contributed by atoms with van der Waals surface area (Å²) in [6, 6.07) is 13.4. The summed E-state index contributed by atoms with van der Waals surface area (Å²) in [5.41, 5.74) is 0.530. The van der Waals surface area contributed by atoms with Crippen LogP contribution in [0.15, 0.2) is 48.5 Å². The molecule has 1 amide bonds. The van der Waals surface area contributed by atoms with Gasteiger partial charge in [0.15, 0.2) is 0 Å². The van der Waals surface area contributed by atoms with Crippen molar-refractivity contribution in [2.45, 2.75) is 19.4 Å². The highest BCUT2D eigenvalue weighted by Gasteiger charge is 2.39. The van der Waals surface area contributed by atoms with Gasteiger partial charge in [-0.3, -0.25) is 4.79 Å². The van der Waals surface area contributed by atoms with Crippen LogP contribution in [0.2, 0.25) is 0 Å². The van der Waals surface area contributed by atoms with Gasteiger partial charge in [-0.1, -0.05) is 12.1 Å². The quantitative estimate of drug-likeness (QED) is 0.733. The number of amides is 1. The van der Waals surface area contributed by atoms with Gasteiger partial charge in [0.1, 0.15) is 17.3 Å². The van der Waals surface area contributed by atoms with Gasteiger partial charge in [0.05, 0.1) is 12.0 Å². The lowest BCUT2D eigenvalue weighted by Gasteiger charge is -2.35. The molecule has 5 nitrogen and oxygen atoms in total. The molecule has 3 rings (SSSR count). The highest BCUT2D eigenvalue weighted by molar-refractivity contribution is 5.85. The van der Waals surface area contributed by atoms with Gasteiger partial charge >= 0.3 is 0 Å². The van der Waals surface area contributed by atoms with Crippen molar-refractivity contribution in [3.63, 3.8) is 0 Å². The van der Waals surface area contributed by atoms with Crippen LogP contribution in [0, 0.1) is 11.2 Å². The molecule has 1 fully saturated rings. The molecule has 28 heavy (non-hydrogen) atoms. The number of carbonyl (C=O) groups excluding carboxylic acids is 1. The summed E-state index contributed by atoms with van der Waals surface area (Å²) in [5, 5.41) is 6.33. The lowest BCUT2D eigenvalue weighted by molar-refractivity contribution is -0.136. The van der Waals surface area contributed by atoms with Crippen LogP contribution in [0.3, 0.4) is 0 Å². The molecule has 152 valence electrons. The minimum absolute atomic E-state index is 0. The molecule has 1 heterocycles. The molecule has 0 radical (unpaired) electrons. The van der Waals surface area contributed by atoms with Crippen LogP contribution in [0.1, 0.15) is 18.4 Å². The Morgan fingerprint density at radius 2 is 1.64 bits per heavy atom. The molecule has 7 heteroatoms. The van der Waals surface area contributed by atoms with Gasteiger partial charge in [-0.05, 0) is 67.9 Å². The van der Waals surface area contributed by atoms with Crippen molar-refractivity contribution in [3.05, 3.63) is 59.9 Å². The number of methoxy groups -OCH3 is 1. The predicted molar refractivity (Wildman–Crippen MR) is 108 cm³/mol. The summed E-state index contributed by atoms with van der Waals surface area (Å²) in [7, 11) is 1.64. The van der Waals surface area contributed by atoms with E-state index in [1.165, 1.54) is 12.1 Å². The zero-order chi connectivity index (χ0) is 19.1. The Balaban J connectivity index is 0.00000280. The number of hydrogen-bond donors (Lipinski definition) is 2. The van der Waals surface area contributed by atoms with E-state index >= 15 is 0 Å². The predicted octanol–water partition coefficient (Wildman–Crippen LogP) is 3.67. The van der Waals surface area contributed by atoms with Crippen LogP contribution < -0.4 is 15.4 Å². The molecule has 0 bridgehead atoms. The highest BCUT2D eigenvalue weighted by atomic mass is 35.5. The number of ether oxygens (including phenoxy) is 2. The van der Waals surface area contributed by atoms with E-state index in [0.29, 0.717) is 24.7 Å². The smallest absolute Gasteiger partial charge is 0.228 e. The number of carbonyl (C=O) groups is 1. The van der Waals surface area contributed by atoms with E-state index in [9.17, 15) is 9.18 Å². The number of hydrogen-bond acceptors (Lipinski definition) is 4. The van der Waals surface area contributed by atoms with E-state index in [2.05, 4.69) is 10.6 Å². The molecular weight excluding hydrogens is 383 g/mol. The van der Waals surface area contributed by atoms with E-state index in [4.69, 9.17) is 9.47 Å². The molecule has 0 aromatic heterocycles. The third-order valence-corrected chi connectivity index (χ3v) is 4.89. The summed E-state index contributed by atoms with van der Waals surface area (Å²) < 4.78 is 23.9. The SMILES string of the molecule is COCC1(C(=O)NCc2ccc(Oc3ccc(F)cc3)cc2)CCNCC1.Cl. The fraction of sp³-hybridized carbons (Fsp3) is 0.381. The molecule has 0 spiro atoms. The molecule has 1 saturated heterocycles. The van der Waals surface area contributed by atoms with Crippen LogP contribution in [0.4, 0.5) is 4.39 Å². The van der Waals surface area contributed by atoms with E-state index in [-0.39, 0.29) is 24.1 Å². The Labute approximate surface area is 171 Å². The van der Waals surface area contributed by atoms with Crippen molar-refractivity contribution in [3.8, 4) is 11.5 Å². The molecule has 0 atom stereocenters. The second-order valence-electron chi connectivity index (χ2n) is 6.85. The number of nitrogens with one attached hydrogen (secondary N) is 2. The zero-order valence-electron chi connectivity index (χ0n) is 15.9. The standard InChI is InChI=1S/C21H25FN2O3.ClH/c1-26-15-21(10-12-23-13-11-21)20(25)24-14-16-2-6-18(7-3-16)27-19-8-4-17(22)5-9-19;/h2-9,23H,10-15H2,1H3,(H,24,25);1H. The van der Waals surface area contributed by atoms with Crippen LogP contribution >= 0.6 is 12.4 Å². The van der Waals surface area contributed by atoms with Crippen molar-refractivity contribution < 1.29 is 18.7 Å². The zero-order valence-corrected chi connectivity index (χ0v) is 16.7. The van der Waals surface area contributed by atoms with Crippen LogP contribution in [0.5, 0.6) is 11.5 Å². The average molecular weight is 409 g/mol. The Kier molecular flexibility index (Phi) is 8.23. The molecule has 1 aliphatic rings. The Bertz CT molecular complexity index is 742. The minimum atomic E-state index is -0.453. The second-order valence-corrected chi connectivity index (χ2v) is 6.85. The fourth-order valence-electron chi connectivity index (χ4n) is 3.30. The normalized spacial score (nSPS) is 15.4. The van der Waals surface area contributed by atoms with E-state index in [1.54, 1.807) is 19.2 Å². The first-order valence-electron chi connectivity index (χ1n) is 9.12. The first-order valence-corrected chi connectivity index (χ1v) is 9.12. The third kappa shape index (κ3) is 5.67. The third-order valence-electron chi connectivity index (χ3n) is 4.89. The highest BCUT2D eigenvalue weighted by Crippen LogP contribution is 2.29. The number of benzene rings is 2. The maximum absolute atomic E-state index is 12.9. The molecular formula is C21H26ClFN2O3. The van der Waals surface area contributed by atoms with Crippen LogP contribution in [-0.4, -0.2) is 32.7 Å². The van der Waals surface area contributed by atoms with Crippen molar-refractivity contribution >= 4 is 18.3 Å². The van der Waals surface area contributed by atoms with Gasteiger partial charge in [0.2, 0.25) is 5.91 Å². The summed E-state index contributed by atoms with van der Waals surface area (Å²) in [6.45, 7) is 2.54. The maximum atomic E-state index is 12.9. The molecule has 0 saturated carbocycles. The maximum Gasteiger partial charge on any atom is 0.228 e. The first kappa shape index (κ1) is 22.1. The lowest BCUT2D eigenvalue weighted by atomic mass is 9.78.